The predicted molar refractivity (Wildman–Crippen MR) is 38.0 cm³/mol. The highest BCUT2D eigenvalue weighted by molar-refractivity contribution is 5.63. The fraction of sp³-hybridized carbons (Fsp3) is 0.833. The molecule has 1 aliphatic heterocycles. The van der Waals surface area contributed by atoms with Crippen LogP contribution in [-0.4, -0.2) is 40.5 Å². The molecule has 0 saturated carbocycles. The molecule has 5 nitrogen and oxygen atoms in total. The largest absolute Gasteiger partial charge is 0.464 e. The van der Waals surface area contributed by atoms with Crippen LogP contribution in [0.2, 0.25) is 0 Å². The predicted octanol–water partition coefficient (Wildman–Crippen LogP) is -0.374. The van der Waals surface area contributed by atoms with Crippen molar-refractivity contribution in [3.8, 4) is 0 Å². The van der Waals surface area contributed by atoms with Gasteiger partial charge in [0.15, 0.2) is 0 Å². The smallest absolute Gasteiger partial charge is 0.419 e. The Hall–Kier alpha value is -0.810. The molecule has 0 spiro atoms. The van der Waals surface area contributed by atoms with Gasteiger partial charge < -0.3 is 10.2 Å². The van der Waals surface area contributed by atoms with Crippen molar-refractivity contribution < 1.29 is 15.0 Å². The molecule has 0 aromatic carbocycles. The highest BCUT2D eigenvalue weighted by Crippen LogP contribution is 2.13. The maximum absolute atomic E-state index is 10.2. The molecule has 1 fully saturated rings. The van der Waals surface area contributed by atoms with E-state index in [-0.39, 0.29) is 12.6 Å². The first-order chi connectivity index (χ1) is 5.24. The number of amides is 1. The topological polar surface area (TPSA) is 72.8 Å². The van der Waals surface area contributed by atoms with Gasteiger partial charge in [0.1, 0.15) is 0 Å². The normalized spacial score (nSPS) is 25.4. The zero-order valence-electron chi connectivity index (χ0n) is 6.16. The van der Waals surface area contributed by atoms with Gasteiger partial charge >= 0.3 is 6.09 Å². The summed E-state index contributed by atoms with van der Waals surface area (Å²) < 4.78 is 0. The monoisotopic (exact) mass is 160 g/mol. The first-order valence-electron chi connectivity index (χ1n) is 3.61. The molecule has 0 bridgehead atoms. The van der Waals surface area contributed by atoms with Gasteiger partial charge in [-0.15, -0.1) is 0 Å². The van der Waals surface area contributed by atoms with E-state index in [1.54, 1.807) is 5.01 Å². The van der Waals surface area contributed by atoms with Gasteiger partial charge in [0.05, 0.1) is 12.6 Å². The fourth-order valence-corrected chi connectivity index (χ4v) is 1.30. The molecular formula is C6H12N2O3. The molecule has 0 radical (unpaired) electrons. The Morgan fingerprint density at radius 1 is 1.73 bits per heavy atom. The number of rotatable bonds is 2. The summed E-state index contributed by atoms with van der Waals surface area (Å²) in [5.41, 5.74) is 2.23. The zero-order valence-corrected chi connectivity index (χ0v) is 6.16. The average Bonchev–Trinajstić information content (AvgIpc) is 2.34. The van der Waals surface area contributed by atoms with Gasteiger partial charge in [-0.1, -0.05) is 0 Å². The molecule has 1 atom stereocenters. The Morgan fingerprint density at radius 2 is 2.45 bits per heavy atom. The number of aliphatic hydroxyl groups excluding tert-OH is 1. The van der Waals surface area contributed by atoms with Gasteiger partial charge in [0, 0.05) is 6.54 Å². The van der Waals surface area contributed by atoms with E-state index in [1.807, 2.05) is 0 Å². The molecule has 64 valence electrons. The first kappa shape index (κ1) is 8.29. The molecule has 11 heavy (non-hydrogen) atoms. The van der Waals surface area contributed by atoms with Crippen molar-refractivity contribution in [3.05, 3.63) is 0 Å². The van der Waals surface area contributed by atoms with Crippen molar-refractivity contribution in [2.24, 2.45) is 0 Å². The summed E-state index contributed by atoms with van der Waals surface area (Å²) in [5.74, 6) is 0. The average molecular weight is 160 g/mol. The lowest BCUT2D eigenvalue weighted by Gasteiger charge is -2.20. The molecule has 5 heteroatoms. The second kappa shape index (κ2) is 3.54. The van der Waals surface area contributed by atoms with Crippen LogP contribution in [0, 0.1) is 0 Å². The standard InChI is InChI=1S/C6H12N2O3/c9-4-5-2-1-3-8(5)7-6(10)11/h5,7,9H,1-4H2,(H,10,11)/t5-/m0/s1. The Kier molecular flexibility index (Phi) is 2.67. The number of hydrazine groups is 1. The molecule has 0 aliphatic carbocycles. The second-order valence-corrected chi connectivity index (χ2v) is 2.59. The number of nitrogens with zero attached hydrogens (tertiary/aromatic N) is 1. The van der Waals surface area contributed by atoms with Gasteiger partial charge in [-0.2, -0.15) is 0 Å². The van der Waals surface area contributed by atoms with Crippen LogP contribution in [0.25, 0.3) is 0 Å². The summed E-state index contributed by atoms with van der Waals surface area (Å²) in [6.45, 7) is 0.706. The van der Waals surface area contributed by atoms with Crippen molar-refractivity contribution >= 4 is 6.09 Å². The van der Waals surface area contributed by atoms with Crippen LogP contribution in [0.15, 0.2) is 0 Å². The highest BCUT2D eigenvalue weighted by Gasteiger charge is 2.24. The van der Waals surface area contributed by atoms with Crippen molar-refractivity contribution in [1.82, 2.24) is 10.4 Å². The van der Waals surface area contributed by atoms with Crippen LogP contribution in [0.1, 0.15) is 12.8 Å². The van der Waals surface area contributed by atoms with E-state index in [0.29, 0.717) is 6.54 Å². The SMILES string of the molecule is O=C(O)NN1CCC[C@H]1CO. The molecule has 1 aliphatic rings. The van der Waals surface area contributed by atoms with Crippen LogP contribution in [-0.2, 0) is 0 Å². The highest BCUT2D eigenvalue weighted by atomic mass is 16.4. The lowest BCUT2D eigenvalue weighted by atomic mass is 10.2. The molecule has 0 aromatic heterocycles. The number of nitrogens with one attached hydrogen (secondary N) is 1. The van der Waals surface area contributed by atoms with Crippen molar-refractivity contribution in [2.45, 2.75) is 18.9 Å². The van der Waals surface area contributed by atoms with Crippen LogP contribution in [0.4, 0.5) is 4.79 Å². The lowest BCUT2D eigenvalue weighted by molar-refractivity contribution is 0.101. The Balaban J connectivity index is 2.37. The Labute approximate surface area is 64.6 Å². The van der Waals surface area contributed by atoms with Gasteiger partial charge in [-0.05, 0) is 12.8 Å². The van der Waals surface area contributed by atoms with E-state index in [1.165, 1.54) is 0 Å². The van der Waals surface area contributed by atoms with Crippen LogP contribution in [0.3, 0.4) is 0 Å². The van der Waals surface area contributed by atoms with Crippen molar-refractivity contribution in [2.75, 3.05) is 13.2 Å². The van der Waals surface area contributed by atoms with Gasteiger partial charge in [-0.3, -0.25) is 5.43 Å². The van der Waals surface area contributed by atoms with E-state index in [2.05, 4.69) is 5.43 Å². The number of carboxylic acid groups (broad SMARTS) is 1. The summed E-state index contributed by atoms with van der Waals surface area (Å²) in [5, 5.41) is 18.7. The summed E-state index contributed by atoms with van der Waals surface area (Å²) in [7, 11) is 0. The molecule has 1 rings (SSSR count). The van der Waals surface area contributed by atoms with Gasteiger partial charge in [-0.25, -0.2) is 9.80 Å². The van der Waals surface area contributed by atoms with E-state index >= 15 is 0 Å². The number of carbonyl (C=O) groups is 1. The summed E-state index contributed by atoms with van der Waals surface area (Å²) >= 11 is 0. The third-order valence-electron chi connectivity index (χ3n) is 1.83. The third-order valence-corrected chi connectivity index (χ3v) is 1.83. The van der Waals surface area contributed by atoms with E-state index in [0.717, 1.165) is 12.8 Å². The lowest BCUT2D eigenvalue weighted by Crippen LogP contribution is -2.45. The fourth-order valence-electron chi connectivity index (χ4n) is 1.30. The Morgan fingerprint density at radius 3 is 3.00 bits per heavy atom. The molecule has 1 heterocycles. The molecular weight excluding hydrogens is 148 g/mol. The minimum Gasteiger partial charge on any atom is -0.464 e. The van der Waals surface area contributed by atoms with E-state index in [4.69, 9.17) is 10.2 Å². The Bertz CT molecular complexity index is 151. The molecule has 0 aromatic rings. The van der Waals surface area contributed by atoms with Crippen LogP contribution < -0.4 is 5.43 Å². The van der Waals surface area contributed by atoms with E-state index in [9.17, 15) is 4.79 Å². The van der Waals surface area contributed by atoms with Crippen LogP contribution >= 0.6 is 0 Å². The van der Waals surface area contributed by atoms with E-state index < -0.39 is 6.09 Å². The maximum Gasteiger partial charge on any atom is 0.419 e. The minimum absolute atomic E-state index is 0.0142. The van der Waals surface area contributed by atoms with Gasteiger partial charge in [0.2, 0.25) is 0 Å². The minimum atomic E-state index is -1.06. The van der Waals surface area contributed by atoms with Crippen molar-refractivity contribution in [3.63, 3.8) is 0 Å². The molecule has 1 amide bonds. The molecule has 3 N–H and O–H groups in total. The summed E-state index contributed by atoms with van der Waals surface area (Å²) in [6.07, 6.45) is 0.729. The number of aliphatic hydroxyl groups is 1. The van der Waals surface area contributed by atoms with Crippen LogP contribution in [0.5, 0.6) is 0 Å². The zero-order chi connectivity index (χ0) is 8.27. The second-order valence-electron chi connectivity index (χ2n) is 2.59. The number of hydrogen-bond acceptors (Lipinski definition) is 3. The summed E-state index contributed by atoms with van der Waals surface area (Å²) in [4.78, 5) is 10.2. The first-order valence-corrected chi connectivity index (χ1v) is 3.61. The molecule has 0 unspecified atom stereocenters. The number of hydrogen-bond donors (Lipinski definition) is 3. The molecule has 1 saturated heterocycles. The van der Waals surface area contributed by atoms with Gasteiger partial charge in [0.25, 0.3) is 0 Å². The third kappa shape index (κ3) is 2.06. The maximum atomic E-state index is 10.2. The quantitative estimate of drug-likeness (QED) is 0.515. The summed E-state index contributed by atoms with van der Waals surface area (Å²) in [6, 6.07) is -0.0360. The van der Waals surface area contributed by atoms with Crippen molar-refractivity contribution in [1.29, 1.82) is 0 Å².